The lowest BCUT2D eigenvalue weighted by Crippen LogP contribution is -2.02. The minimum atomic E-state index is 0.543. The first-order valence-corrected chi connectivity index (χ1v) is 5.59. The largest absolute Gasteiger partial charge is 0.439 e. The maximum absolute atomic E-state index is 5.66. The van der Waals surface area contributed by atoms with Crippen LogP contribution in [-0.2, 0) is 0 Å². The number of hydrogen-bond acceptors (Lipinski definition) is 4. The van der Waals surface area contributed by atoms with Crippen molar-refractivity contribution < 1.29 is 4.74 Å². The summed E-state index contributed by atoms with van der Waals surface area (Å²) in [6.07, 6.45) is 1.68. The Balaban J connectivity index is 2.15. The van der Waals surface area contributed by atoms with E-state index in [4.69, 9.17) is 4.74 Å². The SMILES string of the molecule is CCNc1nccc(Oc2cccc(C)c2)n1. The van der Waals surface area contributed by atoms with Gasteiger partial charge in [0, 0.05) is 18.8 Å². The standard InChI is InChI=1S/C13H15N3O/c1-3-14-13-15-8-7-12(16-13)17-11-6-4-5-10(2)9-11/h4-9H,3H2,1-2H3,(H,14,15,16). The van der Waals surface area contributed by atoms with E-state index in [1.54, 1.807) is 12.3 Å². The molecule has 0 saturated heterocycles. The summed E-state index contributed by atoms with van der Waals surface area (Å²) in [6.45, 7) is 4.81. The van der Waals surface area contributed by atoms with E-state index in [1.807, 2.05) is 38.1 Å². The highest BCUT2D eigenvalue weighted by molar-refractivity contribution is 5.33. The van der Waals surface area contributed by atoms with Crippen molar-refractivity contribution in [3.63, 3.8) is 0 Å². The Morgan fingerprint density at radius 2 is 2.18 bits per heavy atom. The second-order valence-corrected chi connectivity index (χ2v) is 3.67. The molecule has 1 N–H and O–H groups in total. The van der Waals surface area contributed by atoms with Crippen molar-refractivity contribution in [3.8, 4) is 11.6 Å². The van der Waals surface area contributed by atoms with Crippen LogP contribution in [0.25, 0.3) is 0 Å². The van der Waals surface area contributed by atoms with Gasteiger partial charge in [0.1, 0.15) is 5.75 Å². The summed E-state index contributed by atoms with van der Waals surface area (Å²) in [4.78, 5) is 8.33. The molecule has 0 aliphatic rings. The van der Waals surface area contributed by atoms with E-state index in [9.17, 15) is 0 Å². The fourth-order valence-electron chi connectivity index (χ4n) is 1.44. The molecule has 2 aromatic rings. The first-order valence-electron chi connectivity index (χ1n) is 5.59. The zero-order valence-corrected chi connectivity index (χ0v) is 9.97. The van der Waals surface area contributed by atoms with Crippen LogP contribution >= 0.6 is 0 Å². The number of nitrogens with one attached hydrogen (secondary N) is 1. The third-order valence-electron chi connectivity index (χ3n) is 2.18. The van der Waals surface area contributed by atoms with Crippen molar-refractivity contribution in [1.29, 1.82) is 0 Å². The molecule has 88 valence electrons. The summed E-state index contributed by atoms with van der Waals surface area (Å²) >= 11 is 0. The molecule has 1 aromatic heterocycles. The van der Waals surface area contributed by atoms with E-state index in [0.717, 1.165) is 17.9 Å². The first kappa shape index (κ1) is 11.4. The highest BCUT2D eigenvalue weighted by Gasteiger charge is 2.01. The van der Waals surface area contributed by atoms with Crippen LogP contribution in [0.2, 0.25) is 0 Å². The summed E-state index contributed by atoms with van der Waals surface area (Å²) in [6, 6.07) is 9.59. The summed E-state index contributed by atoms with van der Waals surface area (Å²) in [5.74, 6) is 1.91. The summed E-state index contributed by atoms with van der Waals surface area (Å²) in [5.41, 5.74) is 1.16. The van der Waals surface area contributed by atoms with Crippen molar-refractivity contribution in [1.82, 2.24) is 9.97 Å². The van der Waals surface area contributed by atoms with Gasteiger partial charge in [-0.1, -0.05) is 12.1 Å². The molecule has 0 fully saturated rings. The molecule has 0 radical (unpaired) electrons. The smallest absolute Gasteiger partial charge is 0.225 e. The van der Waals surface area contributed by atoms with Gasteiger partial charge in [0.25, 0.3) is 0 Å². The van der Waals surface area contributed by atoms with Gasteiger partial charge in [-0.2, -0.15) is 4.98 Å². The van der Waals surface area contributed by atoms with E-state index >= 15 is 0 Å². The zero-order chi connectivity index (χ0) is 12.1. The molecule has 0 bridgehead atoms. The second-order valence-electron chi connectivity index (χ2n) is 3.67. The molecule has 0 amide bonds. The third-order valence-corrected chi connectivity index (χ3v) is 2.18. The molecule has 0 spiro atoms. The average molecular weight is 229 g/mol. The Morgan fingerprint density at radius 3 is 2.94 bits per heavy atom. The Hall–Kier alpha value is -2.10. The topological polar surface area (TPSA) is 47.0 Å². The molecule has 0 saturated carbocycles. The highest BCUT2D eigenvalue weighted by Crippen LogP contribution is 2.20. The number of hydrogen-bond donors (Lipinski definition) is 1. The van der Waals surface area contributed by atoms with Crippen molar-refractivity contribution in [2.75, 3.05) is 11.9 Å². The maximum Gasteiger partial charge on any atom is 0.225 e. The van der Waals surface area contributed by atoms with E-state index < -0.39 is 0 Å². The number of rotatable bonds is 4. The number of anilines is 1. The summed E-state index contributed by atoms with van der Waals surface area (Å²) in [7, 11) is 0. The van der Waals surface area contributed by atoms with Crippen LogP contribution < -0.4 is 10.1 Å². The normalized spacial score (nSPS) is 10.0. The minimum Gasteiger partial charge on any atom is -0.439 e. The molecular weight excluding hydrogens is 214 g/mol. The lowest BCUT2D eigenvalue weighted by Gasteiger charge is -2.06. The van der Waals surface area contributed by atoms with Gasteiger partial charge in [0.15, 0.2) is 0 Å². The van der Waals surface area contributed by atoms with Gasteiger partial charge in [-0.3, -0.25) is 0 Å². The van der Waals surface area contributed by atoms with Crippen LogP contribution in [-0.4, -0.2) is 16.5 Å². The van der Waals surface area contributed by atoms with E-state index in [2.05, 4.69) is 15.3 Å². The predicted molar refractivity (Wildman–Crippen MR) is 67.4 cm³/mol. The van der Waals surface area contributed by atoms with E-state index in [-0.39, 0.29) is 0 Å². The fourth-order valence-corrected chi connectivity index (χ4v) is 1.44. The monoisotopic (exact) mass is 229 g/mol. The summed E-state index contributed by atoms with van der Waals surface area (Å²) in [5, 5.41) is 3.04. The van der Waals surface area contributed by atoms with Crippen LogP contribution in [0, 0.1) is 6.92 Å². The molecular formula is C13H15N3O. The van der Waals surface area contributed by atoms with Crippen molar-refractivity contribution in [2.45, 2.75) is 13.8 Å². The predicted octanol–water partition coefficient (Wildman–Crippen LogP) is 3.01. The van der Waals surface area contributed by atoms with Gasteiger partial charge in [0.2, 0.25) is 11.8 Å². The van der Waals surface area contributed by atoms with Crippen molar-refractivity contribution in [3.05, 3.63) is 42.1 Å². The van der Waals surface area contributed by atoms with Crippen molar-refractivity contribution >= 4 is 5.95 Å². The number of nitrogens with zero attached hydrogens (tertiary/aromatic N) is 2. The Kier molecular flexibility index (Phi) is 3.55. The van der Waals surface area contributed by atoms with Crippen LogP contribution in [0.5, 0.6) is 11.6 Å². The first-order chi connectivity index (χ1) is 8.28. The van der Waals surface area contributed by atoms with Gasteiger partial charge in [-0.25, -0.2) is 4.98 Å². The minimum absolute atomic E-state index is 0.543. The molecule has 4 heteroatoms. The number of aryl methyl sites for hydroxylation is 1. The Bertz CT molecular complexity index is 500. The quantitative estimate of drug-likeness (QED) is 0.875. The molecule has 0 unspecified atom stereocenters. The van der Waals surface area contributed by atoms with E-state index in [1.165, 1.54) is 0 Å². The molecule has 0 atom stereocenters. The maximum atomic E-state index is 5.66. The molecule has 1 heterocycles. The Morgan fingerprint density at radius 1 is 1.29 bits per heavy atom. The molecule has 17 heavy (non-hydrogen) atoms. The molecule has 0 aliphatic carbocycles. The zero-order valence-electron chi connectivity index (χ0n) is 9.97. The van der Waals surface area contributed by atoms with Gasteiger partial charge < -0.3 is 10.1 Å². The number of benzene rings is 1. The fraction of sp³-hybridized carbons (Fsp3) is 0.231. The highest BCUT2D eigenvalue weighted by atomic mass is 16.5. The molecule has 4 nitrogen and oxygen atoms in total. The third kappa shape index (κ3) is 3.17. The second kappa shape index (κ2) is 5.30. The lowest BCUT2D eigenvalue weighted by molar-refractivity contribution is 0.462. The number of aromatic nitrogens is 2. The average Bonchev–Trinajstić information content (AvgIpc) is 2.30. The van der Waals surface area contributed by atoms with Crippen molar-refractivity contribution in [2.24, 2.45) is 0 Å². The molecule has 0 aliphatic heterocycles. The van der Waals surface area contributed by atoms with Gasteiger partial charge in [0.05, 0.1) is 0 Å². The van der Waals surface area contributed by atoms with Crippen LogP contribution in [0.3, 0.4) is 0 Å². The van der Waals surface area contributed by atoms with E-state index in [0.29, 0.717) is 11.8 Å². The van der Waals surface area contributed by atoms with Crippen LogP contribution in [0.4, 0.5) is 5.95 Å². The Labute approximate surface area is 101 Å². The van der Waals surface area contributed by atoms with Gasteiger partial charge >= 0.3 is 0 Å². The van der Waals surface area contributed by atoms with Gasteiger partial charge in [-0.05, 0) is 31.5 Å². The molecule has 2 rings (SSSR count). The molecule has 1 aromatic carbocycles. The van der Waals surface area contributed by atoms with Gasteiger partial charge in [-0.15, -0.1) is 0 Å². The lowest BCUT2D eigenvalue weighted by atomic mass is 10.2. The summed E-state index contributed by atoms with van der Waals surface area (Å²) < 4.78 is 5.66. The van der Waals surface area contributed by atoms with Crippen LogP contribution in [0.15, 0.2) is 36.5 Å². The van der Waals surface area contributed by atoms with Crippen LogP contribution in [0.1, 0.15) is 12.5 Å². The number of ether oxygens (including phenoxy) is 1.